The summed E-state index contributed by atoms with van der Waals surface area (Å²) in [6, 6.07) is 24.4. The van der Waals surface area contributed by atoms with E-state index in [-0.39, 0.29) is 24.2 Å². The monoisotopic (exact) mass is 499 g/mol. The van der Waals surface area contributed by atoms with Gasteiger partial charge in [0.2, 0.25) is 11.8 Å². The summed E-state index contributed by atoms with van der Waals surface area (Å²) in [5.41, 5.74) is 2.34. The van der Waals surface area contributed by atoms with Crippen LogP contribution in [0.4, 0.5) is 5.69 Å². The Morgan fingerprint density at radius 2 is 1.68 bits per heavy atom. The number of furan rings is 1. The van der Waals surface area contributed by atoms with Crippen LogP contribution in [0.2, 0.25) is 0 Å². The number of benzene rings is 2. The van der Waals surface area contributed by atoms with Crippen LogP contribution in [-0.4, -0.2) is 54.3 Å². The molecule has 2 fully saturated rings. The smallest absolute Gasteiger partial charge is 0.232 e. The fourth-order valence-corrected chi connectivity index (χ4v) is 5.69. The quantitative estimate of drug-likeness (QED) is 0.394. The third-order valence-electron chi connectivity index (χ3n) is 7.75. The van der Waals surface area contributed by atoms with E-state index < -0.39 is 0 Å². The maximum atomic E-state index is 13.6. The molecule has 5 rings (SSSR count). The number of para-hydroxylation sites is 1. The summed E-state index contributed by atoms with van der Waals surface area (Å²) < 4.78 is 5.41. The second kappa shape index (κ2) is 12.2. The molecule has 1 unspecified atom stereocenters. The molecule has 3 heterocycles. The van der Waals surface area contributed by atoms with E-state index in [9.17, 15) is 9.59 Å². The Morgan fingerprint density at radius 3 is 2.38 bits per heavy atom. The normalized spacial score (nSPS) is 18.9. The van der Waals surface area contributed by atoms with Gasteiger partial charge >= 0.3 is 0 Å². The molecule has 0 aliphatic carbocycles. The summed E-state index contributed by atoms with van der Waals surface area (Å²) >= 11 is 0. The number of amides is 2. The Morgan fingerprint density at radius 1 is 0.946 bits per heavy atom. The van der Waals surface area contributed by atoms with Crippen LogP contribution in [0.1, 0.15) is 37.0 Å². The standard InChI is InChI=1S/C31H37N3O3/c35-30-22-27(23-33(30)24-29-13-7-20-37-29)31(36)34(28-11-5-2-6-12-28)17-8-16-32-18-14-26(15-19-32)21-25-9-3-1-4-10-25/h1-7,9-13,20,26-27H,8,14-19,21-24H2. The first-order valence-corrected chi connectivity index (χ1v) is 13.6. The first-order valence-electron chi connectivity index (χ1n) is 13.6. The maximum Gasteiger partial charge on any atom is 0.232 e. The number of hydrogen-bond acceptors (Lipinski definition) is 4. The molecule has 1 aromatic heterocycles. The summed E-state index contributed by atoms with van der Waals surface area (Å²) in [4.78, 5) is 32.5. The van der Waals surface area contributed by atoms with Crippen molar-refractivity contribution in [3.63, 3.8) is 0 Å². The van der Waals surface area contributed by atoms with Crippen molar-refractivity contribution in [3.8, 4) is 0 Å². The lowest BCUT2D eigenvalue weighted by Gasteiger charge is -2.33. The van der Waals surface area contributed by atoms with Crippen molar-refractivity contribution in [1.82, 2.24) is 9.80 Å². The van der Waals surface area contributed by atoms with Gasteiger partial charge in [-0.3, -0.25) is 9.59 Å². The molecule has 194 valence electrons. The molecular formula is C31H37N3O3. The number of anilines is 1. The third-order valence-corrected chi connectivity index (χ3v) is 7.75. The first kappa shape index (κ1) is 25.3. The van der Waals surface area contributed by atoms with Gasteiger partial charge in [0.25, 0.3) is 0 Å². The minimum atomic E-state index is -0.323. The van der Waals surface area contributed by atoms with Crippen molar-refractivity contribution in [2.75, 3.05) is 37.6 Å². The number of hydrogen-bond donors (Lipinski definition) is 0. The zero-order valence-corrected chi connectivity index (χ0v) is 21.5. The fraction of sp³-hybridized carbons (Fsp3) is 0.419. The van der Waals surface area contributed by atoms with Gasteiger partial charge in [-0.25, -0.2) is 0 Å². The van der Waals surface area contributed by atoms with Crippen LogP contribution in [0.5, 0.6) is 0 Å². The van der Waals surface area contributed by atoms with Crippen molar-refractivity contribution < 1.29 is 14.0 Å². The second-order valence-electron chi connectivity index (χ2n) is 10.4. The lowest BCUT2D eigenvalue weighted by atomic mass is 9.90. The predicted octanol–water partition coefficient (Wildman–Crippen LogP) is 5.01. The minimum absolute atomic E-state index is 0.0149. The summed E-state index contributed by atoms with van der Waals surface area (Å²) in [5, 5.41) is 0. The van der Waals surface area contributed by atoms with E-state index in [1.165, 1.54) is 24.8 Å². The third kappa shape index (κ3) is 6.69. The highest BCUT2D eigenvalue weighted by atomic mass is 16.3. The lowest BCUT2D eigenvalue weighted by Crippen LogP contribution is -2.40. The van der Waals surface area contributed by atoms with Gasteiger partial charge in [0, 0.05) is 25.2 Å². The first-order chi connectivity index (χ1) is 18.2. The Hall–Kier alpha value is -3.38. The van der Waals surface area contributed by atoms with Crippen LogP contribution < -0.4 is 4.90 Å². The van der Waals surface area contributed by atoms with Crippen LogP contribution in [0.15, 0.2) is 83.5 Å². The predicted molar refractivity (Wildman–Crippen MR) is 145 cm³/mol. The van der Waals surface area contributed by atoms with Gasteiger partial charge in [-0.1, -0.05) is 48.5 Å². The molecule has 2 aromatic carbocycles. The molecule has 2 aliphatic heterocycles. The zero-order valence-electron chi connectivity index (χ0n) is 21.5. The highest BCUT2D eigenvalue weighted by Gasteiger charge is 2.37. The molecule has 3 aromatic rings. The number of rotatable bonds is 10. The maximum absolute atomic E-state index is 13.6. The van der Waals surface area contributed by atoms with Crippen molar-refractivity contribution in [3.05, 3.63) is 90.4 Å². The molecule has 0 radical (unpaired) electrons. The molecule has 1 atom stereocenters. The van der Waals surface area contributed by atoms with E-state index in [1.54, 1.807) is 11.2 Å². The zero-order chi connectivity index (χ0) is 25.5. The molecule has 0 bridgehead atoms. The molecule has 2 amide bonds. The van der Waals surface area contributed by atoms with Crippen LogP contribution >= 0.6 is 0 Å². The topological polar surface area (TPSA) is 57.0 Å². The lowest BCUT2D eigenvalue weighted by molar-refractivity contribution is -0.129. The van der Waals surface area contributed by atoms with Gasteiger partial charge in [0.05, 0.1) is 18.7 Å². The van der Waals surface area contributed by atoms with E-state index in [2.05, 4.69) is 35.2 Å². The van der Waals surface area contributed by atoms with Gasteiger partial charge in [-0.05, 0) is 81.1 Å². The number of likely N-dealkylation sites (tertiary alicyclic amines) is 2. The van der Waals surface area contributed by atoms with E-state index >= 15 is 0 Å². The van der Waals surface area contributed by atoms with Gasteiger partial charge in [-0.2, -0.15) is 0 Å². The van der Waals surface area contributed by atoms with Gasteiger partial charge < -0.3 is 19.1 Å². The fourth-order valence-electron chi connectivity index (χ4n) is 5.69. The second-order valence-corrected chi connectivity index (χ2v) is 10.4. The number of carbonyl (C=O) groups excluding carboxylic acids is 2. The molecule has 6 heteroatoms. The number of nitrogens with zero attached hydrogens (tertiary/aromatic N) is 3. The molecule has 0 N–H and O–H groups in total. The number of piperidine rings is 1. The summed E-state index contributed by atoms with van der Waals surface area (Å²) in [5.74, 6) is 1.24. The molecule has 2 aliphatic rings. The SMILES string of the molecule is O=C1CC(C(=O)N(CCCN2CCC(Cc3ccccc3)CC2)c2ccccc2)CN1Cc1ccco1. The molecule has 0 saturated carbocycles. The molecule has 0 spiro atoms. The van der Waals surface area contributed by atoms with E-state index in [1.807, 2.05) is 47.4 Å². The summed E-state index contributed by atoms with van der Waals surface area (Å²) in [7, 11) is 0. The molecule has 37 heavy (non-hydrogen) atoms. The van der Waals surface area contributed by atoms with Gasteiger partial charge in [0.15, 0.2) is 0 Å². The minimum Gasteiger partial charge on any atom is -0.467 e. The largest absolute Gasteiger partial charge is 0.467 e. The molecular weight excluding hydrogens is 462 g/mol. The van der Waals surface area contributed by atoms with Crippen molar-refractivity contribution in [2.45, 2.75) is 38.6 Å². The van der Waals surface area contributed by atoms with Crippen LogP contribution in [0.3, 0.4) is 0 Å². The van der Waals surface area contributed by atoms with Crippen molar-refractivity contribution in [2.24, 2.45) is 11.8 Å². The van der Waals surface area contributed by atoms with Crippen LogP contribution in [0.25, 0.3) is 0 Å². The Bertz CT molecular complexity index is 1130. The highest BCUT2D eigenvalue weighted by molar-refractivity contribution is 5.99. The summed E-state index contributed by atoms with van der Waals surface area (Å²) in [6.07, 6.45) is 6.42. The summed E-state index contributed by atoms with van der Waals surface area (Å²) in [6.45, 7) is 4.75. The average Bonchev–Trinajstić information content (AvgIpc) is 3.58. The van der Waals surface area contributed by atoms with Crippen molar-refractivity contribution in [1.29, 1.82) is 0 Å². The van der Waals surface area contributed by atoms with Crippen molar-refractivity contribution >= 4 is 17.5 Å². The molecule has 6 nitrogen and oxygen atoms in total. The number of carbonyl (C=O) groups is 2. The Balaban J connectivity index is 1.13. The van der Waals surface area contributed by atoms with E-state index in [0.717, 1.165) is 43.4 Å². The molecule has 2 saturated heterocycles. The van der Waals surface area contributed by atoms with Crippen LogP contribution in [-0.2, 0) is 22.6 Å². The highest BCUT2D eigenvalue weighted by Crippen LogP contribution is 2.26. The van der Waals surface area contributed by atoms with E-state index in [4.69, 9.17) is 4.42 Å². The average molecular weight is 500 g/mol. The van der Waals surface area contributed by atoms with Crippen LogP contribution in [0, 0.1) is 11.8 Å². The Kier molecular flexibility index (Phi) is 8.36. The van der Waals surface area contributed by atoms with Gasteiger partial charge in [0.1, 0.15) is 5.76 Å². The van der Waals surface area contributed by atoms with Gasteiger partial charge in [-0.15, -0.1) is 0 Å². The van der Waals surface area contributed by atoms with E-state index in [0.29, 0.717) is 19.6 Å². The Labute approximate surface area is 219 Å².